The van der Waals surface area contributed by atoms with Gasteiger partial charge in [0.1, 0.15) is 23.9 Å². The number of ether oxygens (including phenoxy) is 2. The van der Waals surface area contributed by atoms with Gasteiger partial charge in [-0.25, -0.2) is 9.59 Å². The Morgan fingerprint density at radius 3 is 2.24 bits per heavy atom. The lowest BCUT2D eigenvalue weighted by Gasteiger charge is -2.21. The molecule has 0 aliphatic heterocycles. The molecule has 2 amide bonds. The number of carbonyl (C=O) groups is 3. The molecule has 0 aliphatic rings. The number of phenolic OH excluding ortho intramolecular Hbond substituents is 1. The summed E-state index contributed by atoms with van der Waals surface area (Å²) in [4.78, 5) is 36.0. The summed E-state index contributed by atoms with van der Waals surface area (Å²) in [5.41, 5.74) is 0.425. The van der Waals surface area contributed by atoms with Gasteiger partial charge in [-0.05, 0) is 38.0 Å². The molecule has 0 heterocycles. The van der Waals surface area contributed by atoms with E-state index in [9.17, 15) is 19.5 Å². The van der Waals surface area contributed by atoms with Crippen molar-refractivity contribution >= 4 is 18.0 Å². The number of carbonyl (C=O) groups excluding carboxylic acids is 3. The van der Waals surface area contributed by atoms with Crippen molar-refractivity contribution in [1.82, 2.24) is 10.6 Å². The molecule has 0 saturated carbocycles. The summed E-state index contributed by atoms with van der Waals surface area (Å²) in [7, 11) is 1.21. The van der Waals surface area contributed by atoms with Crippen molar-refractivity contribution in [2.45, 2.75) is 45.4 Å². The number of rotatable bonds is 7. The summed E-state index contributed by atoms with van der Waals surface area (Å²) < 4.78 is 9.69. The van der Waals surface area contributed by atoms with E-state index in [0.29, 0.717) is 12.0 Å². The van der Waals surface area contributed by atoms with Crippen molar-refractivity contribution in [3.63, 3.8) is 0 Å². The van der Waals surface area contributed by atoms with E-state index in [-0.39, 0.29) is 11.9 Å². The Bertz CT molecular complexity index is 602. The minimum atomic E-state index is -1.09. The number of hydrogen-bond donors (Lipinski definition) is 3. The number of aromatic hydroxyl groups is 1. The van der Waals surface area contributed by atoms with E-state index in [1.54, 1.807) is 6.92 Å². The lowest BCUT2D eigenvalue weighted by Crippen LogP contribution is -2.46. The highest BCUT2D eigenvalue weighted by Gasteiger charge is 2.27. The second kappa shape index (κ2) is 9.51. The van der Waals surface area contributed by atoms with Crippen LogP contribution in [0.3, 0.4) is 0 Å². The van der Waals surface area contributed by atoms with Crippen LogP contribution < -0.4 is 10.6 Å². The standard InChI is InChI=1S/C17H24N2O6/c1-5-10(2)25-17(23)19-14(12-6-8-13(20)9-7-12)15(21)18-11(3)16(22)24-4/h6-11,14,20H,5H2,1-4H3,(H,18,21)(H,19,23)/t10?,11-,14-/m0/s1. The number of methoxy groups -OCH3 is 1. The van der Waals surface area contributed by atoms with Crippen LogP contribution in [-0.4, -0.2) is 42.3 Å². The zero-order chi connectivity index (χ0) is 19.0. The third-order valence-electron chi connectivity index (χ3n) is 3.55. The molecule has 1 aromatic rings. The van der Waals surface area contributed by atoms with Crippen LogP contribution in [0.15, 0.2) is 24.3 Å². The Labute approximate surface area is 146 Å². The quantitative estimate of drug-likeness (QED) is 0.643. The Kier molecular flexibility index (Phi) is 7.71. The van der Waals surface area contributed by atoms with Gasteiger partial charge in [0.2, 0.25) is 5.91 Å². The first-order chi connectivity index (χ1) is 11.8. The molecular weight excluding hydrogens is 328 g/mol. The van der Waals surface area contributed by atoms with Crippen LogP contribution in [0.4, 0.5) is 4.79 Å². The second-order valence-corrected chi connectivity index (χ2v) is 5.55. The third kappa shape index (κ3) is 6.33. The van der Waals surface area contributed by atoms with Crippen molar-refractivity contribution in [2.75, 3.05) is 7.11 Å². The van der Waals surface area contributed by atoms with E-state index >= 15 is 0 Å². The van der Waals surface area contributed by atoms with Crippen molar-refractivity contribution in [2.24, 2.45) is 0 Å². The molecule has 1 rings (SSSR count). The number of benzene rings is 1. The van der Waals surface area contributed by atoms with Gasteiger partial charge in [-0.2, -0.15) is 0 Å². The van der Waals surface area contributed by atoms with E-state index in [1.807, 2.05) is 6.92 Å². The van der Waals surface area contributed by atoms with E-state index in [2.05, 4.69) is 15.4 Å². The molecule has 0 bridgehead atoms. The predicted molar refractivity (Wildman–Crippen MR) is 89.8 cm³/mol. The van der Waals surface area contributed by atoms with E-state index in [0.717, 1.165) is 0 Å². The molecule has 0 radical (unpaired) electrons. The van der Waals surface area contributed by atoms with E-state index < -0.39 is 30.1 Å². The predicted octanol–water partition coefficient (Wildman–Crippen LogP) is 1.64. The number of esters is 1. The Morgan fingerprint density at radius 1 is 1.12 bits per heavy atom. The second-order valence-electron chi connectivity index (χ2n) is 5.55. The monoisotopic (exact) mass is 352 g/mol. The molecule has 0 saturated heterocycles. The van der Waals surface area contributed by atoms with E-state index in [4.69, 9.17) is 4.74 Å². The number of amides is 2. The van der Waals surface area contributed by atoms with Crippen molar-refractivity contribution in [3.05, 3.63) is 29.8 Å². The molecule has 25 heavy (non-hydrogen) atoms. The maximum absolute atomic E-state index is 12.5. The number of alkyl carbamates (subject to hydrolysis) is 1. The van der Waals surface area contributed by atoms with Gasteiger partial charge in [-0.1, -0.05) is 19.1 Å². The van der Waals surface area contributed by atoms with E-state index in [1.165, 1.54) is 38.3 Å². The first-order valence-electron chi connectivity index (χ1n) is 7.92. The maximum atomic E-state index is 12.5. The Balaban J connectivity index is 2.94. The van der Waals surface area contributed by atoms with Crippen LogP contribution in [0.5, 0.6) is 5.75 Å². The van der Waals surface area contributed by atoms with Gasteiger partial charge in [-0.15, -0.1) is 0 Å². The number of hydrogen-bond acceptors (Lipinski definition) is 6. The summed E-state index contributed by atoms with van der Waals surface area (Å²) in [5.74, 6) is -1.20. The van der Waals surface area contributed by atoms with Gasteiger partial charge in [0.05, 0.1) is 7.11 Å². The van der Waals surface area contributed by atoms with Gasteiger partial charge < -0.3 is 25.2 Å². The van der Waals surface area contributed by atoms with Crippen LogP contribution in [0, 0.1) is 0 Å². The lowest BCUT2D eigenvalue weighted by atomic mass is 10.1. The molecule has 0 aliphatic carbocycles. The number of nitrogens with one attached hydrogen (secondary N) is 2. The average molecular weight is 352 g/mol. The highest BCUT2D eigenvalue weighted by Crippen LogP contribution is 2.18. The minimum absolute atomic E-state index is 0.0213. The van der Waals surface area contributed by atoms with Gasteiger partial charge in [0, 0.05) is 0 Å². The lowest BCUT2D eigenvalue weighted by molar-refractivity contribution is -0.144. The molecule has 3 N–H and O–H groups in total. The fourth-order valence-electron chi connectivity index (χ4n) is 1.92. The molecule has 0 fully saturated rings. The molecule has 8 nitrogen and oxygen atoms in total. The van der Waals surface area contributed by atoms with Crippen LogP contribution in [0.25, 0.3) is 0 Å². The topological polar surface area (TPSA) is 114 Å². The van der Waals surface area contributed by atoms with Crippen LogP contribution in [0.2, 0.25) is 0 Å². The fraction of sp³-hybridized carbons (Fsp3) is 0.471. The molecule has 138 valence electrons. The first kappa shape index (κ1) is 20.3. The summed E-state index contributed by atoms with van der Waals surface area (Å²) in [5, 5.41) is 14.3. The molecule has 0 aromatic heterocycles. The van der Waals surface area contributed by atoms with Gasteiger partial charge in [0.15, 0.2) is 0 Å². The fourth-order valence-corrected chi connectivity index (χ4v) is 1.92. The first-order valence-corrected chi connectivity index (χ1v) is 7.92. The average Bonchev–Trinajstić information content (AvgIpc) is 2.59. The molecule has 1 aromatic carbocycles. The summed E-state index contributed by atoms with van der Waals surface area (Å²) in [6.45, 7) is 5.06. The normalized spacial score (nSPS) is 13.9. The van der Waals surface area contributed by atoms with Crippen molar-refractivity contribution < 1.29 is 29.0 Å². The van der Waals surface area contributed by atoms with Crippen molar-refractivity contribution in [3.8, 4) is 5.75 Å². The summed E-state index contributed by atoms with van der Waals surface area (Å²) >= 11 is 0. The third-order valence-corrected chi connectivity index (χ3v) is 3.55. The van der Waals surface area contributed by atoms with Gasteiger partial charge >= 0.3 is 12.1 Å². The zero-order valence-corrected chi connectivity index (χ0v) is 14.7. The van der Waals surface area contributed by atoms with Gasteiger partial charge in [0.25, 0.3) is 0 Å². The Hall–Kier alpha value is -2.77. The smallest absolute Gasteiger partial charge is 0.408 e. The zero-order valence-electron chi connectivity index (χ0n) is 14.7. The van der Waals surface area contributed by atoms with Gasteiger partial charge in [-0.3, -0.25) is 4.79 Å². The molecule has 0 spiro atoms. The number of phenols is 1. The Morgan fingerprint density at radius 2 is 1.72 bits per heavy atom. The molecular formula is C17H24N2O6. The minimum Gasteiger partial charge on any atom is -0.508 e. The molecule has 1 unspecified atom stereocenters. The van der Waals surface area contributed by atoms with Crippen molar-refractivity contribution in [1.29, 1.82) is 0 Å². The van der Waals surface area contributed by atoms with Crippen LogP contribution in [-0.2, 0) is 19.1 Å². The molecule has 8 heteroatoms. The van der Waals surface area contributed by atoms with Crippen LogP contribution >= 0.6 is 0 Å². The maximum Gasteiger partial charge on any atom is 0.408 e. The summed E-state index contributed by atoms with van der Waals surface area (Å²) in [6.07, 6.45) is -0.436. The molecule has 3 atom stereocenters. The SMILES string of the molecule is CCC(C)OC(=O)N[C@H](C(=O)N[C@@H](C)C(=O)OC)c1ccc(O)cc1. The van der Waals surface area contributed by atoms with Crippen LogP contribution in [0.1, 0.15) is 38.8 Å². The largest absolute Gasteiger partial charge is 0.508 e. The summed E-state index contributed by atoms with van der Waals surface area (Å²) in [6, 6.07) is 3.79. The highest BCUT2D eigenvalue weighted by atomic mass is 16.6. The highest BCUT2D eigenvalue weighted by molar-refractivity contribution is 5.90.